The summed E-state index contributed by atoms with van der Waals surface area (Å²) in [5, 5.41) is 6.81. The summed E-state index contributed by atoms with van der Waals surface area (Å²) in [5.74, 6) is 5.40. The largest absolute Gasteiger partial charge is 0.348 e. The minimum absolute atomic E-state index is 0.259. The average Bonchev–Trinajstić information content (AvgIpc) is 2.81. The Balaban J connectivity index is 2.09. The number of amides is 1. The number of anilines is 1. The number of aryl methyl sites for hydroxylation is 1. The van der Waals surface area contributed by atoms with Gasteiger partial charge in [0.1, 0.15) is 0 Å². The molecule has 0 saturated heterocycles. The van der Waals surface area contributed by atoms with Crippen molar-refractivity contribution < 1.29 is 4.79 Å². The molecule has 0 unspecified atom stereocenters. The van der Waals surface area contributed by atoms with Crippen molar-refractivity contribution in [3.8, 4) is 0 Å². The molecule has 2 aromatic heterocycles. The van der Waals surface area contributed by atoms with Gasteiger partial charge in [-0.25, -0.2) is 10.8 Å². The van der Waals surface area contributed by atoms with Crippen molar-refractivity contribution in [2.24, 2.45) is 12.9 Å². The molecule has 0 radical (unpaired) electrons. The molecule has 0 spiro atoms. The third-order valence-corrected chi connectivity index (χ3v) is 2.88. The number of nitrogens with one attached hydrogen (secondary N) is 2. The number of pyridine rings is 1. The van der Waals surface area contributed by atoms with Crippen LogP contribution in [0.2, 0.25) is 0 Å². The van der Waals surface area contributed by atoms with E-state index in [1.807, 2.05) is 13.2 Å². The Morgan fingerprint density at radius 1 is 1.53 bits per heavy atom. The lowest BCUT2D eigenvalue weighted by molar-refractivity contribution is 0.0951. The van der Waals surface area contributed by atoms with E-state index in [4.69, 9.17) is 5.84 Å². The highest BCUT2D eigenvalue weighted by Gasteiger charge is 2.12. The Bertz CT molecular complexity index is 597. The molecule has 100 valence electrons. The second-order valence-corrected chi connectivity index (χ2v) is 4.81. The molecule has 19 heavy (non-hydrogen) atoms. The quantitative estimate of drug-likeness (QED) is 0.570. The summed E-state index contributed by atoms with van der Waals surface area (Å²) in [4.78, 5) is 16.1. The maximum atomic E-state index is 12.1. The Labute approximate surface area is 118 Å². The van der Waals surface area contributed by atoms with Crippen LogP contribution in [0.25, 0.3) is 0 Å². The van der Waals surface area contributed by atoms with Crippen molar-refractivity contribution in [2.75, 3.05) is 5.43 Å². The molecule has 1 amide bonds. The average molecular weight is 325 g/mol. The lowest BCUT2D eigenvalue weighted by atomic mass is 10.2. The molecule has 7 nitrogen and oxygen atoms in total. The van der Waals surface area contributed by atoms with Gasteiger partial charge in [-0.1, -0.05) is 0 Å². The van der Waals surface area contributed by atoms with Gasteiger partial charge >= 0.3 is 0 Å². The number of rotatable bonds is 4. The number of hydrogen-bond donors (Lipinski definition) is 3. The smallest absolute Gasteiger partial charge is 0.255 e. The van der Waals surface area contributed by atoms with Crippen molar-refractivity contribution in [2.45, 2.75) is 6.54 Å². The summed E-state index contributed by atoms with van der Waals surface area (Å²) < 4.78 is 2.38. The first-order valence-corrected chi connectivity index (χ1v) is 6.27. The SMILES string of the molecule is Cn1cc(CNC(=O)c2cc(Br)cnc2NN)cn1. The van der Waals surface area contributed by atoms with Gasteiger partial charge in [-0.15, -0.1) is 0 Å². The van der Waals surface area contributed by atoms with E-state index in [-0.39, 0.29) is 5.91 Å². The highest BCUT2D eigenvalue weighted by Crippen LogP contribution is 2.17. The van der Waals surface area contributed by atoms with E-state index < -0.39 is 0 Å². The van der Waals surface area contributed by atoms with E-state index in [0.29, 0.717) is 22.4 Å². The number of nitrogens with two attached hydrogens (primary N) is 1. The third-order valence-electron chi connectivity index (χ3n) is 2.45. The first-order chi connectivity index (χ1) is 9.10. The molecule has 0 fully saturated rings. The Morgan fingerprint density at radius 3 is 2.95 bits per heavy atom. The zero-order valence-corrected chi connectivity index (χ0v) is 11.8. The molecule has 0 aliphatic rings. The van der Waals surface area contributed by atoms with Crippen LogP contribution in [-0.2, 0) is 13.6 Å². The summed E-state index contributed by atoms with van der Waals surface area (Å²) in [7, 11) is 1.82. The number of hydrazine groups is 1. The van der Waals surface area contributed by atoms with Crippen molar-refractivity contribution in [3.63, 3.8) is 0 Å². The Hall–Kier alpha value is -1.93. The van der Waals surface area contributed by atoms with Gasteiger partial charge in [-0.3, -0.25) is 9.48 Å². The fourth-order valence-electron chi connectivity index (χ4n) is 1.57. The van der Waals surface area contributed by atoms with E-state index in [1.54, 1.807) is 23.1 Å². The second kappa shape index (κ2) is 5.81. The molecule has 0 saturated carbocycles. The number of hydrogen-bond acceptors (Lipinski definition) is 5. The van der Waals surface area contributed by atoms with Gasteiger partial charge in [0.25, 0.3) is 5.91 Å². The first-order valence-electron chi connectivity index (χ1n) is 5.48. The van der Waals surface area contributed by atoms with Gasteiger partial charge in [0.15, 0.2) is 5.82 Å². The normalized spacial score (nSPS) is 10.3. The number of halogens is 1. The summed E-state index contributed by atoms with van der Waals surface area (Å²) in [5.41, 5.74) is 3.69. The highest BCUT2D eigenvalue weighted by molar-refractivity contribution is 9.10. The van der Waals surface area contributed by atoms with Crippen molar-refractivity contribution >= 4 is 27.7 Å². The molecule has 0 aromatic carbocycles. The van der Waals surface area contributed by atoms with Crippen molar-refractivity contribution in [3.05, 3.63) is 40.3 Å². The summed E-state index contributed by atoms with van der Waals surface area (Å²) >= 11 is 3.27. The first kappa shape index (κ1) is 13.5. The molecule has 4 N–H and O–H groups in total. The molecule has 0 aliphatic carbocycles. The standard InChI is InChI=1S/C11H13BrN6O/c1-18-6-7(4-16-18)3-15-11(19)9-2-8(12)5-14-10(9)17-13/h2,4-6H,3,13H2,1H3,(H,14,17)(H,15,19). The van der Waals surface area contributed by atoms with Gasteiger partial charge in [0.05, 0.1) is 11.8 Å². The topological polar surface area (TPSA) is 97.9 Å². The van der Waals surface area contributed by atoms with Crippen LogP contribution in [0.5, 0.6) is 0 Å². The summed E-state index contributed by atoms with van der Waals surface area (Å²) in [6.45, 7) is 0.392. The van der Waals surface area contributed by atoms with Crippen LogP contribution in [-0.4, -0.2) is 20.7 Å². The Kier molecular flexibility index (Phi) is 4.13. The molecular formula is C11H13BrN6O. The summed E-state index contributed by atoms with van der Waals surface area (Å²) in [6.07, 6.45) is 5.09. The van der Waals surface area contributed by atoms with E-state index in [2.05, 4.69) is 36.8 Å². The summed E-state index contributed by atoms with van der Waals surface area (Å²) in [6, 6.07) is 1.65. The van der Waals surface area contributed by atoms with E-state index in [1.165, 1.54) is 0 Å². The molecule has 0 bridgehead atoms. The maximum Gasteiger partial charge on any atom is 0.255 e. The van der Waals surface area contributed by atoms with Gasteiger partial charge in [-0.05, 0) is 22.0 Å². The van der Waals surface area contributed by atoms with Crippen LogP contribution in [0.4, 0.5) is 5.82 Å². The minimum Gasteiger partial charge on any atom is -0.348 e. The molecule has 2 aromatic rings. The fraction of sp³-hybridized carbons (Fsp3) is 0.182. The zero-order valence-electron chi connectivity index (χ0n) is 10.2. The Morgan fingerprint density at radius 2 is 2.32 bits per heavy atom. The number of nitrogens with zero attached hydrogens (tertiary/aromatic N) is 3. The fourth-order valence-corrected chi connectivity index (χ4v) is 1.90. The molecule has 2 rings (SSSR count). The van der Waals surface area contributed by atoms with Gasteiger partial charge in [0, 0.05) is 36.0 Å². The van der Waals surface area contributed by atoms with Crippen LogP contribution >= 0.6 is 15.9 Å². The van der Waals surface area contributed by atoms with Crippen molar-refractivity contribution in [1.29, 1.82) is 0 Å². The molecule has 8 heteroatoms. The monoisotopic (exact) mass is 324 g/mol. The lowest BCUT2D eigenvalue weighted by Gasteiger charge is -2.08. The maximum absolute atomic E-state index is 12.1. The lowest BCUT2D eigenvalue weighted by Crippen LogP contribution is -2.25. The molecular weight excluding hydrogens is 312 g/mol. The minimum atomic E-state index is -0.259. The second-order valence-electron chi connectivity index (χ2n) is 3.90. The zero-order chi connectivity index (χ0) is 13.8. The van der Waals surface area contributed by atoms with Crippen LogP contribution in [0, 0.1) is 0 Å². The highest BCUT2D eigenvalue weighted by atomic mass is 79.9. The number of nitrogen functional groups attached to an aromatic ring is 1. The number of aromatic nitrogens is 3. The third kappa shape index (κ3) is 3.30. The van der Waals surface area contributed by atoms with Gasteiger partial charge in [-0.2, -0.15) is 5.10 Å². The predicted octanol–water partition coefficient (Wildman–Crippen LogP) is 0.793. The van der Waals surface area contributed by atoms with Crippen LogP contribution in [0.15, 0.2) is 29.1 Å². The number of carbonyl (C=O) groups is 1. The van der Waals surface area contributed by atoms with Crippen LogP contribution < -0.4 is 16.6 Å². The van der Waals surface area contributed by atoms with Gasteiger partial charge in [0.2, 0.25) is 0 Å². The predicted molar refractivity (Wildman–Crippen MR) is 74.1 cm³/mol. The van der Waals surface area contributed by atoms with Gasteiger partial charge < -0.3 is 10.7 Å². The molecule has 2 heterocycles. The van der Waals surface area contributed by atoms with E-state index in [9.17, 15) is 4.79 Å². The van der Waals surface area contributed by atoms with E-state index >= 15 is 0 Å². The van der Waals surface area contributed by atoms with Crippen LogP contribution in [0.3, 0.4) is 0 Å². The van der Waals surface area contributed by atoms with Crippen LogP contribution in [0.1, 0.15) is 15.9 Å². The van der Waals surface area contributed by atoms with Crippen molar-refractivity contribution in [1.82, 2.24) is 20.1 Å². The molecule has 0 atom stereocenters. The number of carbonyl (C=O) groups excluding carboxylic acids is 1. The van der Waals surface area contributed by atoms with E-state index in [0.717, 1.165) is 5.56 Å². The molecule has 0 aliphatic heterocycles.